The Labute approximate surface area is 165 Å². The summed E-state index contributed by atoms with van der Waals surface area (Å²) in [6, 6.07) is 19.1. The van der Waals surface area contributed by atoms with Crippen molar-refractivity contribution in [3.63, 3.8) is 0 Å². The Balaban J connectivity index is 1.79. The van der Waals surface area contributed by atoms with Gasteiger partial charge in [0.1, 0.15) is 0 Å². The average Bonchev–Trinajstić information content (AvgIpc) is 3.33. The van der Waals surface area contributed by atoms with Crippen LogP contribution in [0.25, 0.3) is 25.7 Å². The predicted octanol–water partition coefficient (Wildman–Crippen LogP) is 6.60. The lowest BCUT2D eigenvalue weighted by atomic mass is 9.92. The van der Waals surface area contributed by atoms with Gasteiger partial charge in [-0.3, -0.25) is 0 Å². The van der Waals surface area contributed by atoms with Gasteiger partial charge in [0, 0.05) is 19.2 Å². The van der Waals surface area contributed by atoms with Gasteiger partial charge in [0.2, 0.25) is 0 Å². The van der Waals surface area contributed by atoms with Crippen molar-refractivity contribution in [3.05, 3.63) is 75.5 Å². The second-order valence-electron chi connectivity index (χ2n) is 6.72. The van der Waals surface area contributed by atoms with Crippen molar-refractivity contribution in [1.29, 1.82) is 0 Å². The molecule has 2 aromatic carbocycles. The summed E-state index contributed by atoms with van der Waals surface area (Å²) in [5.74, 6) is -0.238. The minimum Gasteiger partial charge on any atom is -0.463 e. The van der Waals surface area contributed by atoms with E-state index in [2.05, 4.69) is 61.5 Å². The van der Waals surface area contributed by atoms with E-state index in [1.54, 1.807) is 22.7 Å². The molecule has 27 heavy (non-hydrogen) atoms. The molecular weight excluding hydrogens is 372 g/mol. The normalized spacial score (nSPS) is 16.3. The number of ether oxygens (including phenoxy) is 1. The Hall–Kier alpha value is -2.43. The number of hydrogen-bond acceptors (Lipinski definition) is 4. The fourth-order valence-corrected chi connectivity index (χ4v) is 6.46. The maximum atomic E-state index is 12.9. The van der Waals surface area contributed by atoms with Crippen LogP contribution in [0.1, 0.15) is 35.1 Å². The molecule has 0 saturated carbocycles. The Kier molecular flexibility index (Phi) is 3.92. The summed E-state index contributed by atoms with van der Waals surface area (Å²) in [6.45, 7) is 4.32. The first-order valence-corrected chi connectivity index (χ1v) is 10.7. The third-order valence-electron chi connectivity index (χ3n) is 5.18. The van der Waals surface area contributed by atoms with Gasteiger partial charge in [-0.1, -0.05) is 36.4 Å². The first-order chi connectivity index (χ1) is 13.2. The van der Waals surface area contributed by atoms with Crippen molar-refractivity contribution in [1.82, 2.24) is 0 Å². The van der Waals surface area contributed by atoms with E-state index in [1.807, 2.05) is 6.92 Å². The molecule has 0 spiro atoms. The molecule has 0 fully saturated rings. The highest BCUT2D eigenvalue weighted by Crippen LogP contribution is 2.54. The Bertz CT molecular complexity index is 1190. The lowest BCUT2D eigenvalue weighted by Gasteiger charge is -2.15. The number of allylic oxidation sites excluding steroid dienone is 1. The van der Waals surface area contributed by atoms with E-state index in [9.17, 15) is 4.79 Å². The monoisotopic (exact) mass is 390 g/mol. The van der Waals surface area contributed by atoms with Crippen LogP contribution in [0, 0.1) is 0 Å². The Morgan fingerprint density at radius 3 is 2.56 bits per heavy atom. The van der Waals surface area contributed by atoms with Gasteiger partial charge in [0.15, 0.2) is 0 Å². The standard InChI is InChI=1S/C23H18O2S2/c1-3-25-23(24)19-13(2)22-20(15-9-5-7-11-17(15)27-22)21(19)18-12-14-8-4-6-10-16(14)26-18/h4-12,21H,3H2,1-2H3. The van der Waals surface area contributed by atoms with Crippen molar-refractivity contribution < 1.29 is 9.53 Å². The van der Waals surface area contributed by atoms with E-state index in [-0.39, 0.29) is 11.9 Å². The maximum Gasteiger partial charge on any atom is 0.335 e. The highest BCUT2D eigenvalue weighted by Gasteiger charge is 2.39. The van der Waals surface area contributed by atoms with Gasteiger partial charge in [-0.05, 0) is 54.0 Å². The smallest absolute Gasteiger partial charge is 0.335 e. The predicted molar refractivity (Wildman–Crippen MR) is 115 cm³/mol. The first-order valence-electron chi connectivity index (χ1n) is 9.07. The van der Waals surface area contributed by atoms with E-state index < -0.39 is 0 Å². The van der Waals surface area contributed by atoms with Crippen molar-refractivity contribution >= 4 is 54.4 Å². The highest BCUT2D eigenvalue weighted by atomic mass is 32.1. The summed E-state index contributed by atoms with van der Waals surface area (Å²) < 4.78 is 7.97. The molecule has 1 aliphatic carbocycles. The molecule has 2 heterocycles. The molecule has 0 bridgehead atoms. The van der Waals surface area contributed by atoms with Gasteiger partial charge in [-0.15, -0.1) is 22.7 Å². The zero-order valence-electron chi connectivity index (χ0n) is 15.1. The quantitative estimate of drug-likeness (QED) is 0.368. The molecule has 1 atom stereocenters. The number of esters is 1. The van der Waals surface area contributed by atoms with Gasteiger partial charge in [-0.2, -0.15) is 0 Å². The number of fused-ring (bicyclic) bond motifs is 4. The third-order valence-corrected chi connectivity index (χ3v) is 7.67. The second-order valence-corrected chi connectivity index (χ2v) is 8.89. The van der Waals surface area contributed by atoms with Crippen LogP contribution in [0.15, 0.2) is 60.2 Å². The van der Waals surface area contributed by atoms with Crippen LogP contribution < -0.4 is 0 Å². The summed E-state index contributed by atoms with van der Waals surface area (Å²) in [5, 5.41) is 2.48. The van der Waals surface area contributed by atoms with Crippen LogP contribution in [0.2, 0.25) is 0 Å². The molecule has 4 heteroatoms. The molecule has 0 amide bonds. The van der Waals surface area contributed by atoms with Crippen molar-refractivity contribution in [2.75, 3.05) is 6.61 Å². The fourth-order valence-electron chi connectivity index (χ4n) is 4.02. The van der Waals surface area contributed by atoms with Crippen molar-refractivity contribution in [2.45, 2.75) is 19.8 Å². The Morgan fingerprint density at radius 1 is 1.04 bits per heavy atom. The number of thiophene rings is 2. The first kappa shape index (κ1) is 16.7. The molecule has 1 aliphatic rings. The van der Waals surface area contributed by atoms with Gasteiger partial charge >= 0.3 is 5.97 Å². The molecule has 2 aromatic heterocycles. The molecule has 0 radical (unpaired) electrons. The van der Waals surface area contributed by atoms with Crippen LogP contribution in [-0.2, 0) is 9.53 Å². The summed E-state index contributed by atoms with van der Waals surface area (Å²) in [5.41, 5.74) is 3.13. The zero-order valence-corrected chi connectivity index (χ0v) is 16.7. The molecule has 1 unspecified atom stereocenters. The molecule has 0 aliphatic heterocycles. The zero-order chi connectivity index (χ0) is 18.5. The fraction of sp³-hybridized carbons (Fsp3) is 0.174. The van der Waals surface area contributed by atoms with Crippen LogP contribution in [0.3, 0.4) is 0 Å². The topological polar surface area (TPSA) is 26.3 Å². The SMILES string of the molecule is CCOC(=O)C1=C(C)c2sc3ccccc3c2C1c1cc2ccccc2s1. The summed E-state index contributed by atoms with van der Waals surface area (Å²) in [7, 11) is 0. The van der Waals surface area contributed by atoms with E-state index in [0.29, 0.717) is 6.61 Å². The lowest BCUT2D eigenvalue weighted by molar-refractivity contribution is -0.138. The molecule has 2 nitrogen and oxygen atoms in total. The van der Waals surface area contributed by atoms with Gasteiger partial charge in [-0.25, -0.2) is 4.79 Å². The molecular formula is C23H18O2S2. The molecule has 0 saturated heterocycles. The number of benzene rings is 2. The molecule has 134 valence electrons. The lowest BCUT2D eigenvalue weighted by Crippen LogP contribution is -2.13. The molecule has 5 rings (SSSR count). The minimum absolute atomic E-state index is 0.0485. The number of carbonyl (C=O) groups excluding carboxylic acids is 1. The molecule has 0 N–H and O–H groups in total. The summed E-state index contributed by atoms with van der Waals surface area (Å²) >= 11 is 3.55. The minimum atomic E-state index is -0.190. The second kappa shape index (κ2) is 6.32. The van der Waals surface area contributed by atoms with Crippen LogP contribution in [0.4, 0.5) is 0 Å². The maximum absolute atomic E-state index is 12.9. The van der Waals surface area contributed by atoms with E-state index in [4.69, 9.17) is 4.74 Å². The van der Waals surface area contributed by atoms with Gasteiger partial charge in [0.05, 0.1) is 18.1 Å². The van der Waals surface area contributed by atoms with Crippen molar-refractivity contribution in [2.24, 2.45) is 0 Å². The number of hydrogen-bond donors (Lipinski definition) is 0. The van der Waals surface area contributed by atoms with Crippen molar-refractivity contribution in [3.8, 4) is 0 Å². The highest BCUT2D eigenvalue weighted by molar-refractivity contribution is 7.21. The van der Waals surface area contributed by atoms with Crippen LogP contribution in [-0.4, -0.2) is 12.6 Å². The largest absolute Gasteiger partial charge is 0.463 e. The summed E-state index contributed by atoms with van der Waals surface area (Å²) in [4.78, 5) is 15.3. The molecule has 4 aromatic rings. The number of rotatable bonds is 3. The average molecular weight is 391 g/mol. The van der Waals surface area contributed by atoms with Gasteiger partial charge < -0.3 is 4.74 Å². The van der Waals surface area contributed by atoms with E-state index in [1.165, 1.54) is 35.5 Å². The van der Waals surface area contributed by atoms with Gasteiger partial charge in [0.25, 0.3) is 0 Å². The van der Waals surface area contributed by atoms with Crippen LogP contribution >= 0.6 is 22.7 Å². The number of carbonyl (C=O) groups is 1. The van der Waals surface area contributed by atoms with Crippen LogP contribution in [0.5, 0.6) is 0 Å². The third kappa shape index (κ3) is 2.47. The summed E-state index contributed by atoms with van der Waals surface area (Å²) in [6.07, 6.45) is 0. The Morgan fingerprint density at radius 2 is 1.78 bits per heavy atom. The van der Waals surface area contributed by atoms with E-state index >= 15 is 0 Å². The van der Waals surface area contributed by atoms with E-state index in [0.717, 1.165) is 11.1 Å².